The molecular weight excluding hydrogens is 312 g/mol. The first-order valence-electron chi connectivity index (χ1n) is 6.94. The van der Waals surface area contributed by atoms with Crippen LogP contribution in [0.1, 0.15) is 5.56 Å². The normalized spacial score (nSPS) is 18.2. The number of nitrogens with zero attached hydrogens (tertiary/aromatic N) is 2. The van der Waals surface area contributed by atoms with Gasteiger partial charge in [-0.2, -0.15) is 5.26 Å². The minimum Gasteiger partial charge on any atom is -0.497 e. The minimum absolute atomic E-state index is 0.193. The lowest BCUT2D eigenvalue weighted by atomic mass is 9.92. The van der Waals surface area contributed by atoms with Crippen LogP contribution in [0.2, 0.25) is 0 Å². The highest BCUT2D eigenvalue weighted by Gasteiger charge is 2.48. The Morgan fingerprint density at radius 1 is 1.29 bits per heavy atom. The smallest absolute Gasteiger partial charge is 0.269 e. The third-order valence-electron chi connectivity index (χ3n) is 3.80. The number of hydrogen-bond donors (Lipinski definition) is 2. The van der Waals surface area contributed by atoms with Crippen molar-refractivity contribution in [3.8, 4) is 11.8 Å². The second-order valence-corrected chi connectivity index (χ2v) is 5.16. The lowest BCUT2D eigenvalue weighted by Gasteiger charge is -2.22. The highest BCUT2D eigenvalue weighted by Crippen LogP contribution is 2.40. The SMILES string of the molecule is COc1ccc(NC2(C#N)C(=O)Nc3ccc([N+](=O)[O-])cc32)cc1. The number of ether oxygens (including phenoxy) is 1. The number of rotatable bonds is 4. The van der Waals surface area contributed by atoms with E-state index < -0.39 is 16.4 Å². The molecule has 8 nitrogen and oxygen atoms in total. The van der Waals surface area contributed by atoms with E-state index in [1.165, 1.54) is 25.3 Å². The molecule has 8 heteroatoms. The number of nitrogens with one attached hydrogen (secondary N) is 2. The number of carbonyl (C=O) groups is 1. The first kappa shape index (κ1) is 15.3. The zero-order chi connectivity index (χ0) is 17.3. The third kappa shape index (κ3) is 2.28. The van der Waals surface area contributed by atoms with Crippen molar-refractivity contribution in [2.45, 2.75) is 5.54 Å². The van der Waals surface area contributed by atoms with Crippen molar-refractivity contribution < 1.29 is 14.5 Å². The number of anilines is 2. The van der Waals surface area contributed by atoms with Gasteiger partial charge >= 0.3 is 0 Å². The standard InChI is InChI=1S/C16H12N4O4/c1-24-12-5-2-10(3-6-12)19-16(9-17)13-8-11(20(22)23)4-7-14(13)18-15(16)21/h2-8,19H,1H3,(H,18,21). The maximum Gasteiger partial charge on any atom is 0.269 e. The average molecular weight is 324 g/mol. The van der Waals surface area contributed by atoms with E-state index in [0.29, 0.717) is 17.1 Å². The van der Waals surface area contributed by atoms with Crippen LogP contribution < -0.4 is 15.4 Å². The Labute approximate surface area is 136 Å². The molecule has 2 aromatic rings. The fourth-order valence-electron chi connectivity index (χ4n) is 2.56. The van der Waals surface area contributed by atoms with Gasteiger partial charge in [-0.1, -0.05) is 0 Å². The van der Waals surface area contributed by atoms with E-state index >= 15 is 0 Å². The third-order valence-corrected chi connectivity index (χ3v) is 3.80. The van der Waals surface area contributed by atoms with Crippen LogP contribution in [0.25, 0.3) is 0 Å². The van der Waals surface area contributed by atoms with E-state index in [9.17, 15) is 20.2 Å². The van der Waals surface area contributed by atoms with Crippen molar-refractivity contribution in [3.05, 3.63) is 58.1 Å². The van der Waals surface area contributed by atoms with Crippen LogP contribution in [-0.2, 0) is 10.3 Å². The Balaban J connectivity index is 2.06. The molecule has 0 aliphatic carbocycles. The number of hydrogen-bond acceptors (Lipinski definition) is 6. The van der Waals surface area contributed by atoms with Gasteiger partial charge in [-0.15, -0.1) is 0 Å². The Hall–Kier alpha value is -3.60. The molecular formula is C16H12N4O4. The lowest BCUT2D eigenvalue weighted by Crippen LogP contribution is -2.40. The molecule has 1 unspecified atom stereocenters. The van der Waals surface area contributed by atoms with Gasteiger partial charge in [0.25, 0.3) is 11.6 Å². The van der Waals surface area contributed by atoms with E-state index in [0.717, 1.165) is 0 Å². The summed E-state index contributed by atoms with van der Waals surface area (Å²) in [5, 5.41) is 26.1. The summed E-state index contributed by atoms with van der Waals surface area (Å²) in [4.78, 5) is 22.8. The number of methoxy groups -OCH3 is 1. The molecule has 3 rings (SSSR count). The van der Waals surface area contributed by atoms with E-state index in [2.05, 4.69) is 10.6 Å². The second-order valence-electron chi connectivity index (χ2n) is 5.16. The summed E-state index contributed by atoms with van der Waals surface area (Å²) in [6.45, 7) is 0. The molecule has 1 aliphatic rings. The molecule has 2 aromatic carbocycles. The number of benzene rings is 2. The summed E-state index contributed by atoms with van der Waals surface area (Å²) in [6.07, 6.45) is 0. The lowest BCUT2D eigenvalue weighted by molar-refractivity contribution is -0.384. The fraction of sp³-hybridized carbons (Fsp3) is 0.125. The van der Waals surface area contributed by atoms with Crippen LogP contribution in [0, 0.1) is 21.4 Å². The number of nitro groups is 1. The topological polar surface area (TPSA) is 117 Å². The van der Waals surface area contributed by atoms with Crippen LogP contribution in [-0.4, -0.2) is 17.9 Å². The maximum absolute atomic E-state index is 12.4. The van der Waals surface area contributed by atoms with Gasteiger partial charge in [-0.05, 0) is 30.3 Å². The maximum atomic E-state index is 12.4. The first-order valence-corrected chi connectivity index (χ1v) is 6.94. The van der Waals surface area contributed by atoms with Gasteiger partial charge in [0.05, 0.1) is 12.0 Å². The van der Waals surface area contributed by atoms with Gasteiger partial charge in [-0.25, -0.2) is 0 Å². The van der Waals surface area contributed by atoms with Gasteiger partial charge in [0, 0.05) is 29.1 Å². The molecule has 0 fully saturated rings. The number of nitriles is 1. The van der Waals surface area contributed by atoms with Crippen LogP contribution >= 0.6 is 0 Å². The fourth-order valence-corrected chi connectivity index (χ4v) is 2.56. The Morgan fingerprint density at radius 2 is 2.00 bits per heavy atom. The predicted molar refractivity (Wildman–Crippen MR) is 85.6 cm³/mol. The largest absolute Gasteiger partial charge is 0.497 e. The molecule has 120 valence electrons. The molecule has 1 amide bonds. The highest BCUT2D eigenvalue weighted by molar-refractivity contribution is 6.10. The van der Waals surface area contributed by atoms with E-state index in [1.807, 2.05) is 6.07 Å². The summed E-state index contributed by atoms with van der Waals surface area (Å²) < 4.78 is 5.06. The van der Waals surface area contributed by atoms with E-state index in [1.54, 1.807) is 24.3 Å². The molecule has 1 aliphatic heterocycles. The number of fused-ring (bicyclic) bond motifs is 1. The Kier molecular flexibility index (Phi) is 3.54. The summed E-state index contributed by atoms with van der Waals surface area (Å²) in [5.41, 5.74) is -0.836. The Morgan fingerprint density at radius 3 is 2.58 bits per heavy atom. The van der Waals surface area contributed by atoms with Crippen molar-refractivity contribution in [1.29, 1.82) is 5.26 Å². The first-order chi connectivity index (χ1) is 11.5. The molecule has 2 N–H and O–H groups in total. The molecule has 1 heterocycles. The monoisotopic (exact) mass is 324 g/mol. The van der Waals surface area contributed by atoms with Crippen LogP contribution in [0.3, 0.4) is 0 Å². The zero-order valence-electron chi connectivity index (χ0n) is 12.6. The highest BCUT2D eigenvalue weighted by atomic mass is 16.6. The van der Waals surface area contributed by atoms with Gasteiger partial charge in [0.2, 0.25) is 5.54 Å². The van der Waals surface area contributed by atoms with Gasteiger partial charge in [0.15, 0.2) is 0 Å². The van der Waals surface area contributed by atoms with Crippen molar-refractivity contribution in [2.75, 3.05) is 17.7 Å². The van der Waals surface area contributed by atoms with Gasteiger partial charge in [0.1, 0.15) is 11.8 Å². The number of nitro benzene ring substituents is 1. The average Bonchev–Trinajstić information content (AvgIpc) is 2.87. The van der Waals surface area contributed by atoms with E-state index in [-0.39, 0.29) is 11.3 Å². The van der Waals surface area contributed by atoms with Crippen molar-refractivity contribution >= 4 is 23.0 Å². The quantitative estimate of drug-likeness (QED) is 0.658. The number of amides is 1. The summed E-state index contributed by atoms with van der Waals surface area (Å²) in [7, 11) is 1.53. The summed E-state index contributed by atoms with van der Waals surface area (Å²) in [6, 6.07) is 12.5. The van der Waals surface area contributed by atoms with Crippen molar-refractivity contribution in [3.63, 3.8) is 0 Å². The summed E-state index contributed by atoms with van der Waals surface area (Å²) in [5.74, 6) is 0.0368. The predicted octanol–water partition coefficient (Wildman–Crippen LogP) is 2.39. The minimum atomic E-state index is -1.74. The molecule has 0 saturated carbocycles. The molecule has 0 saturated heterocycles. The van der Waals surface area contributed by atoms with Crippen molar-refractivity contribution in [2.24, 2.45) is 0 Å². The zero-order valence-corrected chi connectivity index (χ0v) is 12.6. The van der Waals surface area contributed by atoms with E-state index in [4.69, 9.17) is 4.74 Å². The molecule has 0 radical (unpaired) electrons. The van der Waals surface area contributed by atoms with Crippen LogP contribution in [0.15, 0.2) is 42.5 Å². The molecule has 0 spiro atoms. The molecule has 0 aromatic heterocycles. The van der Waals surface area contributed by atoms with Crippen LogP contribution in [0.4, 0.5) is 17.1 Å². The van der Waals surface area contributed by atoms with Gasteiger partial charge < -0.3 is 15.4 Å². The Bertz CT molecular complexity index is 873. The second kappa shape index (κ2) is 5.55. The number of non-ortho nitro benzene ring substituents is 1. The molecule has 0 bridgehead atoms. The van der Waals surface area contributed by atoms with Crippen LogP contribution in [0.5, 0.6) is 5.75 Å². The van der Waals surface area contributed by atoms with Gasteiger partial charge in [-0.3, -0.25) is 14.9 Å². The number of carbonyl (C=O) groups excluding carboxylic acids is 1. The van der Waals surface area contributed by atoms with Crippen molar-refractivity contribution in [1.82, 2.24) is 0 Å². The molecule has 24 heavy (non-hydrogen) atoms. The molecule has 1 atom stereocenters. The summed E-state index contributed by atoms with van der Waals surface area (Å²) >= 11 is 0.